The first-order valence-corrected chi connectivity index (χ1v) is 6.02. The van der Waals surface area contributed by atoms with Gasteiger partial charge in [-0.1, -0.05) is 13.8 Å². The van der Waals surface area contributed by atoms with E-state index in [0.29, 0.717) is 6.42 Å². The number of Topliss-reactive ketones (excluding diaryl/α,β-unsaturated/α-hetero) is 1. The molecular weight excluding hydrogens is 194 g/mol. The minimum atomic E-state index is 0.194. The summed E-state index contributed by atoms with van der Waals surface area (Å²) in [5, 5.41) is 0. The summed E-state index contributed by atoms with van der Waals surface area (Å²) in [6, 6.07) is 1.91. The van der Waals surface area contributed by atoms with Crippen molar-refractivity contribution in [2.75, 3.05) is 6.26 Å². The van der Waals surface area contributed by atoms with Crippen molar-refractivity contribution in [1.82, 2.24) is 4.98 Å². The molecule has 1 aromatic rings. The van der Waals surface area contributed by atoms with Crippen molar-refractivity contribution in [2.45, 2.75) is 31.6 Å². The Hall–Kier alpha value is -0.830. The predicted octanol–water partition coefficient (Wildman–Crippen LogP) is 2.96. The average Bonchev–Trinajstić information content (AvgIpc) is 2.26. The smallest absolute Gasteiger partial charge is 0.165 e. The molecule has 0 atom stereocenters. The second-order valence-corrected chi connectivity index (χ2v) is 3.81. The predicted molar refractivity (Wildman–Crippen MR) is 60.0 cm³/mol. The number of ketones is 1. The van der Waals surface area contributed by atoms with Crippen molar-refractivity contribution in [3.63, 3.8) is 0 Å². The number of rotatable bonds is 4. The third-order valence-corrected chi connectivity index (χ3v) is 2.93. The molecule has 76 valence electrons. The van der Waals surface area contributed by atoms with Crippen molar-refractivity contribution in [3.8, 4) is 0 Å². The lowest BCUT2D eigenvalue weighted by molar-refractivity contribution is 0.0984. The molecule has 1 heterocycles. The number of pyridine rings is 1. The van der Waals surface area contributed by atoms with E-state index in [1.165, 1.54) is 0 Å². The van der Waals surface area contributed by atoms with Crippen molar-refractivity contribution in [3.05, 3.63) is 23.5 Å². The number of carbonyl (C=O) groups excluding carboxylic acids is 1. The molecule has 0 saturated carbocycles. The van der Waals surface area contributed by atoms with Crippen LogP contribution in [0.15, 0.2) is 17.2 Å². The molecule has 0 radical (unpaired) electrons. The monoisotopic (exact) mass is 209 g/mol. The summed E-state index contributed by atoms with van der Waals surface area (Å²) in [7, 11) is 0. The molecule has 0 saturated heterocycles. The molecule has 0 spiro atoms. The zero-order valence-corrected chi connectivity index (χ0v) is 9.65. The van der Waals surface area contributed by atoms with Gasteiger partial charge < -0.3 is 0 Å². The third-order valence-electron chi connectivity index (χ3n) is 2.15. The number of aryl methyl sites for hydroxylation is 1. The van der Waals surface area contributed by atoms with Gasteiger partial charge in [-0.3, -0.25) is 9.78 Å². The lowest BCUT2D eigenvalue weighted by atomic mass is 10.1. The second-order valence-electron chi connectivity index (χ2n) is 2.97. The van der Waals surface area contributed by atoms with Gasteiger partial charge in [0.1, 0.15) is 0 Å². The van der Waals surface area contributed by atoms with Crippen LogP contribution in [0.1, 0.15) is 36.3 Å². The summed E-state index contributed by atoms with van der Waals surface area (Å²) >= 11 is 1.61. The lowest BCUT2D eigenvalue weighted by Crippen LogP contribution is -2.05. The molecule has 0 unspecified atom stereocenters. The Morgan fingerprint density at radius 1 is 1.50 bits per heavy atom. The fourth-order valence-electron chi connectivity index (χ4n) is 1.40. The van der Waals surface area contributed by atoms with Gasteiger partial charge in [0.25, 0.3) is 0 Å². The first kappa shape index (κ1) is 11.2. The van der Waals surface area contributed by atoms with E-state index in [2.05, 4.69) is 4.98 Å². The SMILES string of the molecule is CCC(=O)c1c(SC)ccnc1CC. The molecular formula is C11H15NOS. The van der Waals surface area contributed by atoms with Crippen molar-refractivity contribution >= 4 is 17.5 Å². The Morgan fingerprint density at radius 2 is 2.21 bits per heavy atom. The molecule has 0 aliphatic rings. The number of nitrogens with zero attached hydrogens (tertiary/aromatic N) is 1. The summed E-state index contributed by atoms with van der Waals surface area (Å²) in [5.74, 6) is 0.194. The maximum absolute atomic E-state index is 11.7. The van der Waals surface area contributed by atoms with E-state index in [1.807, 2.05) is 26.2 Å². The van der Waals surface area contributed by atoms with Gasteiger partial charge in [0.15, 0.2) is 5.78 Å². The highest BCUT2D eigenvalue weighted by Crippen LogP contribution is 2.23. The van der Waals surface area contributed by atoms with Crippen molar-refractivity contribution in [2.24, 2.45) is 0 Å². The highest BCUT2D eigenvalue weighted by atomic mass is 32.2. The maximum atomic E-state index is 11.7. The Kier molecular flexibility index (Phi) is 4.14. The fraction of sp³-hybridized carbons (Fsp3) is 0.455. The summed E-state index contributed by atoms with van der Waals surface area (Å²) in [6.07, 6.45) is 5.13. The summed E-state index contributed by atoms with van der Waals surface area (Å²) in [5.41, 5.74) is 1.74. The molecule has 14 heavy (non-hydrogen) atoms. The Balaban J connectivity index is 3.25. The van der Waals surface area contributed by atoms with Crippen LogP contribution in [0, 0.1) is 0 Å². The van der Waals surface area contributed by atoms with Crippen molar-refractivity contribution < 1.29 is 4.79 Å². The summed E-state index contributed by atoms with van der Waals surface area (Å²) < 4.78 is 0. The first-order valence-electron chi connectivity index (χ1n) is 4.79. The van der Waals surface area contributed by atoms with Crippen LogP contribution in [0.25, 0.3) is 0 Å². The van der Waals surface area contributed by atoms with Gasteiger partial charge in [0, 0.05) is 17.5 Å². The van der Waals surface area contributed by atoms with Crippen LogP contribution >= 0.6 is 11.8 Å². The molecule has 3 heteroatoms. The summed E-state index contributed by atoms with van der Waals surface area (Å²) in [4.78, 5) is 17.0. The van der Waals surface area contributed by atoms with Gasteiger partial charge in [0.05, 0.1) is 11.3 Å². The topological polar surface area (TPSA) is 30.0 Å². The van der Waals surface area contributed by atoms with Gasteiger partial charge in [-0.05, 0) is 18.7 Å². The van der Waals surface area contributed by atoms with Crippen LogP contribution in [0.4, 0.5) is 0 Å². The van der Waals surface area contributed by atoms with E-state index in [9.17, 15) is 4.79 Å². The first-order chi connectivity index (χ1) is 6.74. The molecule has 0 aliphatic carbocycles. The van der Waals surface area contributed by atoms with Crippen molar-refractivity contribution in [1.29, 1.82) is 0 Å². The van der Waals surface area contributed by atoms with Crippen LogP contribution in [0.5, 0.6) is 0 Å². The second kappa shape index (κ2) is 5.15. The molecule has 0 amide bonds. The van der Waals surface area contributed by atoms with Gasteiger partial charge >= 0.3 is 0 Å². The molecule has 0 aliphatic heterocycles. The largest absolute Gasteiger partial charge is 0.294 e. The minimum absolute atomic E-state index is 0.194. The van der Waals surface area contributed by atoms with Gasteiger partial charge in [-0.25, -0.2) is 0 Å². The van der Waals surface area contributed by atoms with E-state index in [1.54, 1.807) is 18.0 Å². The third kappa shape index (κ3) is 2.15. The number of thioether (sulfide) groups is 1. The highest BCUT2D eigenvalue weighted by molar-refractivity contribution is 7.98. The van der Waals surface area contributed by atoms with Gasteiger partial charge in [0.2, 0.25) is 0 Å². The van der Waals surface area contributed by atoms with Gasteiger partial charge in [-0.15, -0.1) is 11.8 Å². The lowest BCUT2D eigenvalue weighted by Gasteiger charge is -2.08. The van der Waals surface area contributed by atoms with E-state index < -0.39 is 0 Å². The molecule has 0 N–H and O–H groups in total. The quantitative estimate of drug-likeness (QED) is 0.564. The normalized spacial score (nSPS) is 10.2. The molecule has 0 aromatic carbocycles. The van der Waals surface area contributed by atoms with E-state index in [0.717, 1.165) is 22.6 Å². The van der Waals surface area contributed by atoms with Crippen LogP contribution in [-0.2, 0) is 6.42 Å². The Bertz CT molecular complexity index is 314. The van der Waals surface area contributed by atoms with Gasteiger partial charge in [-0.2, -0.15) is 0 Å². The zero-order valence-electron chi connectivity index (χ0n) is 8.83. The number of hydrogen-bond acceptors (Lipinski definition) is 3. The van der Waals surface area contributed by atoms with Crippen LogP contribution in [0.3, 0.4) is 0 Å². The number of hydrogen-bond donors (Lipinski definition) is 0. The highest BCUT2D eigenvalue weighted by Gasteiger charge is 2.13. The minimum Gasteiger partial charge on any atom is -0.294 e. The van der Waals surface area contributed by atoms with E-state index in [4.69, 9.17) is 0 Å². The van der Waals surface area contributed by atoms with E-state index >= 15 is 0 Å². The zero-order chi connectivity index (χ0) is 10.6. The molecule has 2 nitrogen and oxygen atoms in total. The standard InChI is InChI=1S/C11H15NOS/c1-4-8-11(9(13)5-2)10(14-3)6-7-12-8/h6-7H,4-5H2,1-3H3. The average molecular weight is 209 g/mol. The molecule has 1 aromatic heterocycles. The number of aromatic nitrogens is 1. The molecule has 0 bridgehead atoms. The Labute approximate surface area is 89.1 Å². The maximum Gasteiger partial charge on any atom is 0.165 e. The summed E-state index contributed by atoms with van der Waals surface area (Å²) in [6.45, 7) is 3.91. The van der Waals surface area contributed by atoms with Crippen LogP contribution < -0.4 is 0 Å². The van der Waals surface area contributed by atoms with Crippen LogP contribution in [-0.4, -0.2) is 17.0 Å². The Morgan fingerprint density at radius 3 is 2.71 bits per heavy atom. The van der Waals surface area contributed by atoms with Crippen LogP contribution in [0.2, 0.25) is 0 Å². The molecule has 1 rings (SSSR count). The molecule has 0 fully saturated rings. The fourth-order valence-corrected chi connectivity index (χ4v) is 2.03. The van der Waals surface area contributed by atoms with E-state index in [-0.39, 0.29) is 5.78 Å². The number of carbonyl (C=O) groups is 1.